The summed E-state index contributed by atoms with van der Waals surface area (Å²) < 4.78 is 10.2. The van der Waals surface area contributed by atoms with Gasteiger partial charge in [-0.3, -0.25) is 10.1 Å². The van der Waals surface area contributed by atoms with Crippen LogP contribution in [-0.4, -0.2) is 36.0 Å². The smallest absolute Gasteiger partial charge is 0.334 e. The molecule has 0 aromatic heterocycles. The molecule has 2 N–H and O–H groups in total. The topological polar surface area (TPSA) is 120 Å². The SMILES string of the molecule is CN(N=Cc1cc2c(cc1[N+](=O)[O-])OCO2)C(N)=O. The minimum Gasteiger partial charge on any atom is -0.454 e. The number of fused-ring (bicyclic) bond motifs is 1. The number of carbonyl (C=O) groups excluding carboxylic acids is 1. The zero-order chi connectivity index (χ0) is 14.0. The Labute approximate surface area is 107 Å². The molecule has 0 fully saturated rings. The molecule has 1 aromatic rings. The van der Waals surface area contributed by atoms with Gasteiger partial charge in [0.15, 0.2) is 11.5 Å². The molecule has 0 radical (unpaired) electrons. The Morgan fingerprint density at radius 2 is 2.16 bits per heavy atom. The fraction of sp³-hybridized carbons (Fsp3) is 0.200. The lowest BCUT2D eigenvalue weighted by Crippen LogP contribution is -2.27. The second-order valence-electron chi connectivity index (χ2n) is 3.63. The highest BCUT2D eigenvalue weighted by atomic mass is 16.7. The molecule has 1 aliphatic heterocycles. The van der Waals surface area contributed by atoms with E-state index in [4.69, 9.17) is 15.2 Å². The minimum atomic E-state index is -0.778. The molecule has 100 valence electrons. The first-order valence-corrected chi connectivity index (χ1v) is 5.14. The van der Waals surface area contributed by atoms with Gasteiger partial charge >= 0.3 is 6.03 Å². The van der Waals surface area contributed by atoms with Crippen molar-refractivity contribution in [1.82, 2.24) is 5.01 Å². The zero-order valence-corrected chi connectivity index (χ0v) is 9.90. The van der Waals surface area contributed by atoms with Crippen LogP contribution in [0, 0.1) is 10.1 Å². The summed E-state index contributed by atoms with van der Waals surface area (Å²) in [6.45, 7) is 0.00821. The van der Waals surface area contributed by atoms with Crippen molar-refractivity contribution in [2.45, 2.75) is 0 Å². The Bertz CT molecular complexity index is 571. The summed E-state index contributed by atoms with van der Waals surface area (Å²) in [6, 6.07) is 1.88. The van der Waals surface area contributed by atoms with Gasteiger partial charge in [0.25, 0.3) is 5.69 Å². The monoisotopic (exact) mass is 266 g/mol. The zero-order valence-electron chi connectivity index (χ0n) is 9.90. The molecule has 0 aliphatic carbocycles. The van der Waals surface area contributed by atoms with E-state index in [1.165, 1.54) is 19.2 Å². The van der Waals surface area contributed by atoms with Gasteiger partial charge in [0, 0.05) is 7.05 Å². The van der Waals surface area contributed by atoms with Gasteiger partial charge < -0.3 is 15.2 Å². The molecule has 1 aromatic carbocycles. The number of rotatable bonds is 3. The molecule has 0 bridgehead atoms. The third kappa shape index (κ3) is 2.54. The lowest BCUT2D eigenvalue weighted by Gasteiger charge is -2.06. The lowest BCUT2D eigenvalue weighted by atomic mass is 10.1. The van der Waals surface area contributed by atoms with Gasteiger partial charge in [-0.1, -0.05) is 0 Å². The standard InChI is InChI=1S/C10H10N4O5/c1-13(10(11)15)12-4-6-2-8-9(19-5-18-8)3-7(6)14(16)17/h2-4H,5H2,1H3,(H2,11,15). The average Bonchev–Trinajstić information content (AvgIpc) is 2.81. The summed E-state index contributed by atoms with van der Waals surface area (Å²) in [5.74, 6) is 0.681. The van der Waals surface area contributed by atoms with E-state index in [1.54, 1.807) is 0 Å². The molecule has 9 nitrogen and oxygen atoms in total. The fourth-order valence-corrected chi connectivity index (χ4v) is 1.41. The van der Waals surface area contributed by atoms with Crippen LogP contribution in [0.1, 0.15) is 5.56 Å². The molecular formula is C10H10N4O5. The van der Waals surface area contributed by atoms with E-state index in [0.717, 1.165) is 11.2 Å². The summed E-state index contributed by atoms with van der Waals surface area (Å²) in [5.41, 5.74) is 4.96. The van der Waals surface area contributed by atoms with Crippen LogP contribution < -0.4 is 15.2 Å². The van der Waals surface area contributed by atoms with Crippen molar-refractivity contribution in [3.63, 3.8) is 0 Å². The van der Waals surface area contributed by atoms with Crippen molar-refractivity contribution in [3.8, 4) is 11.5 Å². The number of nitrogens with zero attached hydrogens (tertiary/aromatic N) is 3. The predicted molar refractivity (Wildman–Crippen MR) is 64.2 cm³/mol. The van der Waals surface area contributed by atoms with Crippen molar-refractivity contribution in [2.75, 3.05) is 13.8 Å². The van der Waals surface area contributed by atoms with E-state index in [2.05, 4.69) is 5.10 Å². The largest absolute Gasteiger partial charge is 0.454 e. The summed E-state index contributed by atoms with van der Waals surface area (Å²) in [6.07, 6.45) is 1.16. The van der Waals surface area contributed by atoms with Gasteiger partial charge in [-0.2, -0.15) is 5.10 Å². The van der Waals surface area contributed by atoms with Gasteiger partial charge in [-0.25, -0.2) is 9.80 Å². The number of nitrogens with two attached hydrogens (primary N) is 1. The van der Waals surface area contributed by atoms with Crippen LogP contribution in [0.2, 0.25) is 0 Å². The summed E-state index contributed by atoms with van der Waals surface area (Å²) in [4.78, 5) is 21.1. The van der Waals surface area contributed by atoms with Crippen LogP contribution in [0.25, 0.3) is 0 Å². The van der Waals surface area contributed by atoms with Crippen LogP contribution in [-0.2, 0) is 0 Å². The third-order valence-corrected chi connectivity index (χ3v) is 2.41. The number of primary amides is 1. The van der Waals surface area contributed by atoms with Crippen LogP contribution >= 0.6 is 0 Å². The van der Waals surface area contributed by atoms with Crippen LogP contribution in [0.4, 0.5) is 10.5 Å². The molecule has 0 saturated heterocycles. The van der Waals surface area contributed by atoms with Crippen LogP contribution in [0.5, 0.6) is 11.5 Å². The first kappa shape index (κ1) is 12.6. The van der Waals surface area contributed by atoms with Gasteiger partial charge in [-0.05, 0) is 6.07 Å². The van der Waals surface area contributed by atoms with E-state index in [0.29, 0.717) is 11.5 Å². The van der Waals surface area contributed by atoms with Crippen molar-refractivity contribution in [1.29, 1.82) is 0 Å². The Hall–Kier alpha value is -2.84. The van der Waals surface area contributed by atoms with Crippen molar-refractivity contribution in [2.24, 2.45) is 10.8 Å². The molecule has 0 atom stereocenters. The molecule has 0 unspecified atom stereocenters. The summed E-state index contributed by atoms with van der Waals surface area (Å²) in [7, 11) is 1.33. The molecule has 1 heterocycles. The Kier molecular flexibility index (Phi) is 3.19. The van der Waals surface area contributed by atoms with Gasteiger partial charge in [-0.15, -0.1) is 0 Å². The minimum absolute atomic E-state index is 0.00821. The number of hydrogen-bond donors (Lipinski definition) is 1. The number of ether oxygens (including phenoxy) is 2. The average molecular weight is 266 g/mol. The number of urea groups is 1. The molecule has 2 amide bonds. The Balaban J connectivity index is 2.38. The van der Waals surface area contributed by atoms with Gasteiger partial charge in [0.1, 0.15) is 0 Å². The number of benzene rings is 1. The van der Waals surface area contributed by atoms with Crippen molar-refractivity contribution < 1.29 is 19.2 Å². The second kappa shape index (κ2) is 4.80. The van der Waals surface area contributed by atoms with Crippen LogP contribution in [0.3, 0.4) is 0 Å². The predicted octanol–water partition coefficient (Wildman–Crippen LogP) is 0.668. The van der Waals surface area contributed by atoms with Gasteiger partial charge in [0.05, 0.1) is 22.8 Å². The number of nitro groups is 1. The highest BCUT2D eigenvalue weighted by molar-refractivity contribution is 5.87. The maximum atomic E-state index is 10.9. The van der Waals surface area contributed by atoms with E-state index in [1.807, 2.05) is 0 Å². The fourth-order valence-electron chi connectivity index (χ4n) is 1.41. The summed E-state index contributed by atoms with van der Waals surface area (Å²) in [5, 5.41) is 15.5. The molecule has 1 aliphatic rings. The van der Waals surface area contributed by atoms with Crippen LogP contribution in [0.15, 0.2) is 17.2 Å². The first-order chi connectivity index (χ1) is 8.99. The molecule has 0 spiro atoms. The highest BCUT2D eigenvalue weighted by Crippen LogP contribution is 2.37. The van der Waals surface area contributed by atoms with Gasteiger partial charge in [0.2, 0.25) is 6.79 Å². The highest BCUT2D eigenvalue weighted by Gasteiger charge is 2.22. The lowest BCUT2D eigenvalue weighted by molar-refractivity contribution is -0.385. The maximum absolute atomic E-state index is 10.9. The molecule has 19 heavy (non-hydrogen) atoms. The number of amides is 2. The second-order valence-corrected chi connectivity index (χ2v) is 3.63. The normalized spacial score (nSPS) is 12.7. The van der Waals surface area contributed by atoms with Crippen molar-refractivity contribution in [3.05, 3.63) is 27.8 Å². The maximum Gasteiger partial charge on any atom is 0.334 e. The Morgan fingerprint density at radius 3 is 2.74 bits per heavy atom. The molecule has 2 rings (SSSR count). The molecule has 0 saturated carbocycles. The van der Waals surface area contributed by atoms with E-state index in [-0.39, 0.29) is 18.0 Å². The third-order valence-electron chi connectivity index (χ3n) is 2.41. The van der Waals surface area contributed by atoms with E-state index < -0.39 is 11.0 Å². The summed E-state index contributed by atoms with van der Waals surface area (Å²) >= 11 is 0. The number of nitro benzene ring substituents is 1. The Morgan fingerprint density at radius 1 is 1.53 bits per heavy atom. The first-order valence-electron chi connectivity index (χ1n) is 5.14. The quantitative estimate of drug-likeness (QED) is 0.489. The van der Waals surface area contributed by atoms with E-state index in [9.17, 15) is 14.9 Å². The molecule has 9 heteroatoms. The number of hydrazone groups is 1. The number of carbonyl (C=O) groups is 1. The van der Waals surface area contributed by atoms with Crippen molar-refractivity contribution >= 4 is 17.9 Å². The van der Waals surface area contributed by atoms with E-state index >= 15 is 0 Å². The number of hydrogen-bond acceptors (Lipinski definition) is 6. The molecular weight excluding hydrogens is 256 g/mol.